The molecule has 0 radical (unpaired) electrons. The minimum absolute atomic E-state index is 0.205. The molecule has 0 saturated carbocycles. The number of carbonyl (C=O) groups excluding carboxylic acids is 3. The maximum Gasteiger partial charge on any atom is 0.338 e. The van der Waals surface area contributed by atoms with Crippen LogP contribution in [0, 0.1) is 6.92 Å². The SMILES string of the molecule is CCOC(=O)c1ccc2c(c1)N(C(C)C(=O)N(CC)c1cccc(C)c1)C(=O)c1ccccc1S2. The lowest BCUT2D eigenvalue weighted by atomic mass is 10.1. The minimum Gasteiger partial charge on any atom is -0.462 e. The minimum atomic E-state index is -0.814. The number of aryl methyl sites for hydroxylation is 1. The summed E-state index contributed by atoms with van der Waals surface area (Å²) in [6.07, 6.45) is 0. The molecular weight excluding hydrogens is 460 g/mol. The Morgan fingerprint density at radius 3 is 2.49 bits per heavy atom. The third-order valence-corrected chi connectivity index (χ3v) is 7.07. The fraction of sp³-hybridized carbons (Fsp3) is 0.250. The van der Waals surface area contributed by atoms with E-state index in [9.17, 15) is 14.4 Å². The van der Waals surface area contributed by atoms with Crippen LogP contribution in [0.2, 0.25) is 0 Å². The zero-order valence-electron chi connectivity index (χ0n) is 20.3. The summed E-state index contributed by atoms with van der Waals surface area (Å²) < 4.78 is 5.18. The van der Waals surface area contributed by atoms with E-state index >= 15 is 0 Å². The molecule has 0 aromatic heterocycles. The fourth-order valence-corrected chi connectivity index (χ4v) is 5.25. The summed E-state index contributed by atoms with van der Waals surface area (Å²) in [6.45, 7) is 8.07. The average molecular weight is 489 g/mol. The molecule has 2 amide bonds. The molecule has 3 aromatic carbocycles. The van der Waals surface area contributed by atoms with Gasteiger partial charge < -0.3 is 9.64 Å². The first-order chi connectivity index (χ1) is 16.8. The second-order valence-corrected chi connectivity index (χ2v) is 9.36. The van der Waals surface area contributed by atoms with Crippen molar-refractivity contribution in [3.8, 4) is 0 Å². The molecule has 0 bridgehead atoms. The molecule has 35 heavy (non-hydrogen) atoms. The van der Waals surface area contributed by atoms with E-state index in [1.54, 1.807) is 36.9 Å². The number of benzene rings is 3. The highest BCUT2D eigenvalue weighted by Gasteiger charge is 2.36. The molecule has 0 saturated heterocycles. The number of esters is 1. The topological polar surface area (TPSA) is 66.9 Å². The normalized spacial score (nSPS) is 13.4. The second-order valence-electron chi connectivity index (χ2n) is 8.27. The Hall–Kier alpha value is -3.58. The summed E-state index contributed by atoms with van der Waals surface area (Å²) >= 11 is 1.45. The van der Waals surface area contributed by atoms with Gasteiger partial charge in [0.2, 0.25) is 5.91 Å². The van der Waals surface area contributed by atoms with Gasteiger partial charge in [-0.15, -0.1) is 0 Å². The third-order valence-electron chi connectivity index (χ3n) is 5.93. The Labute approximate surface area is 209 Å². The van der Waals surface area contributed by atoms with Crippen molar-refractivity contribution >= 4 is 40.9 Å². The number of nitrogens with zero attached hydrogens (tertiary/aromatic N) is 2. The number of carbonyl (C=O) groups is 3. The van der Waals surface area contributed by atoms with Gasteiger partial charge in [0, 0.05) is 22.0 Å². The molecule has 0 aliphatic carbocycles. The van der Waals surface area contributed by atoms with Crippen LogP contribution >= 0.6 is 11.8 Å². The van der Waals surface area contributed by atoms with Crippen molar-refractivity contribution in [3.63, 3.8) is 0 Å². The first-order valence-corrected chi connectivity index (χ1v) is 12.5. The van der Waals surface area contributed by atoms with Crippen molar-refractivity contribution in [2.75, 3.05) is 23.0 Å². The number of fused-ring (bicyclic) bond motifs is 2. The van der Waals surface area contributed by atoms with Crippen molar-refractivity contribution in [1.82, 2.24) is 0 Å². The quantitative estimate of drug-likeness (QED) is 0.415. The number of hydrogen-bond acceptors (Lipinski definition) is 5. The van der Waals surface area contributed by atoms with E-state index in [-0.39, 0.29) is 18.4 Å². The molecule has 3 aromatic rings. The average Bonchev–Trinajstić information content (AvgIpc) is 2.97. The van der Waals surface area contributed by atoms with Gasteiger partial charge in [0.05, 0.1) is 23.4 Å². The zero-order chi connectivity index (χ0) is 25.1. The Morgan fingerprint density at radius 2 is 1.77 bits per heavy atom. The molecule has 1 unspecified atom stereocenters. The highest BCUT2D eigenvalue weighted by Crippen LogP contribution is 2.42. The molecule has 4 rings (SSSR count). The molecule has 0 N–H and O–H groups in total. The highest BCUT2D eigenvalue weighted by atomic mass is 32.2. The number of ether oxygens (including phenoxy) is 1. The monoisotopic (exact) mass is 488 g/mol. The predicted octanol–water partition coefficient (Wildman–Crippen LogP) is 5.72. The van der Waals surface area contributed by atoms with Gasteiger partial charge in [-0.3, -0.25) is 14.5 Å². The zero-order valence-corrected chi connectivity index (χ0v) is 21.1. The number of likely N-dealkylation sites (N-methyl/N-ethyl adjacent to an activating group) is 1. The van der Waals surface area contributed by atoms with Gasteiger partial charge in [0.15, 0.2) is 0 Å². The van der Waals surface area contributed by atoms with Crippen molar-refractivity contribution in [3.05, 3.63) is 83.4 Å². The van der Waals surface area contributed by atoms with Crippen LogP contribution in [0.15, 0.2) is 76.5 Å². The number of amides is 2. The van der Waals surface area contributed by atoms with Crippen LogP contribution in [0.4, 0.5) is 11.4 Å². The lowest BCUT2D eigenvalue weighted by molar-refractivity contribution is -0.119. The van der Waals surface area contributed by atoms with Crippen LogP contribution < -0.4 is 9.80 Å². The van der Waals surface area contributed by atoms with Crippen LogP contribution in [-0.2, 0) is 9.53 Å². The van der Waals surface area contributed by atoms with Crippen LogP contribution in [0.25, 0.3) is 0 Å². The molecule has 6 nitrogen and oxygen atoms in total. The van der Waals surface area contributed by atoms with Crippen LogP contribution in [0.3, 0.4) is 0 Å². The predicted molar refractivity (Wildman–Crippen MR) is 138 cm³/mol. The second kappa shape index (κ2) is 10.4. The molecule has 1 atom stereocenters. The number of rotatable bonds is 6. The molecule has 0 fully saturated rings. The molecule has 1 heterocycles. The van der Waals surface area contributed by atoms with Crippen molar-refractivity contribution in [2.45, 2.75) is 43.5 Å². The Morgan fingerprint density at radius 1 is 1.00 bits per heavy atom. The Bertz CT molecular complexity index is 1290. The largest absolute Gasteiger partial charge is 0.462 e. The van der Waals surface area contributed by atoms with Crippen molar-refractivity contribution in [2.24, 2.45) is 0 Å². The Kier molecular flexibility index (Phi) is 7.26. The summed E-state index contributed by atoms with van der Waals surface area (Å²) in [5.74, 6) is -0.958. The summed E-state index contributed by atoms with van der Waals surface area (Å²) in [5.41, 5.74) is 3.19. The first-order valence-electron chi connectivity index (χ1n) is 11.6. The van der Waals surface area contributed by atoms with E-state index in [0.29, 0.717) is 23.4 Å². The fourth-order valence-electron chi connectivity index (χ4n) is 4.21. The van der Waals surface area contributed by atoms with Gasteiger partial charge in [-0.25, -0.2) is 4.79 Å². The maximum absolute atomic E-state index is 13.9. The van der Waals surface area contributed by atoms with Gasteiger partial charge in [-0.05, 0) is 75.7 Å². The number of hydrogen-bond donors (Lipinski definition) is 0. The summed E-state index contributed by atoms with van der Waals surface area (Å²) in [7, 11) is 0. The molecule has 180 valence electrons. The van der Waals surface area contributed by atoms with E-state index in [4.69, 9.17) is 4.74 Å². The van der Waals surface area contributed by atoms with Gasteiger partial charge in [-0.1, -0.05) is 36.0 Å². The van der Waals surface area contributed by atoms with Crippen molar-refractivity contribution < 1.29 is 19.1 Å². The molecular formula is C28H28N2O4S. The molecule has 1 aliphatic heterocycles. The Balaban J connectivity index is 1.82. The number of anilines is 2. The lowest BCUT2D eigenvalue weighted by Crippen LogP contribution is -2.50. The summed E-state index contributed by atoms with van der Waals surface area (Å²) in [6, 6.07) is 19.4. The van der Waals surface area contributed by atoms with Crippen LogP contribution in [0.1, 0.15) is 47.1 Å². The highest BCUT2D eigenvalue weighted by molar-refractivity contribution is 7.99. The first kappa shape index (κ1) is 24.5. The summed E-state index contributed by atoms with van der Waals surface area (Å²) in [5, 5.41) is 0. The lowest BCUT2D eigenvalue weighted by Gasteiger charge is -2.33. The summed E-state index contributed by atoms with van der Waals surface area (Å²) in [4.78, 5) is 45.0. The molecule has 7 heteroatoms. The maximum atomic E-state index is 13.9. The van der Waals surface area contributed by atoms with Crippen molar-refractivity contribution in [1.29, 1.82) is 0 Å². The standard InChI is InChI=1S/C28H28N2O4S/c1-5-29(21-11-9-10-18(3)16-21)26(31)19(4)30-23-17-20(28(33)34-6-2)14-15-25(23)35-24-13-8-7-12-22(24)27(30)32/h7-17,19H,5-6H2,1-4H3. The van der Waals surface area contributed by atoms with E-state index in [1.165, 1.54) is 16.7 Å². The van der Waals surface area contributed by atoms with E-state index in [2.05, 4.69) is 0 Å². The molecule has 1 aliphatic rings. The van der Waals surface area contributed by atoms with Gasteiger partial charge in [-0.2, -0.15) is 0 Å². The van der Waals surface area contributed by atoms with Crippen LogP contribution in [0.5, 0.6) is 0 Å². The van der Waals surface area contributed by atoms with Gasteiger partial charge in [0.1, 0.15) is 6.04 Å². The van der Waals surface area contributed by atoms with E-state index in [0.717, 1.165) is 21.0 Å². The van der Waals surface area contributed by atoms with Crippen LogP contribution in [-0.4, -0.2) is 37.0 Å². The third kappa shape index (κ3) is 4.82. The molecule has 0 spiro atoms. The van der Waals surface area contributed by atoms with Gasteiger partial charge >= 0.3 is 5.97 Å². The van der Waals surface area contributed by atoms with E-state index < -0.39 is 12.0 Å². The smallest absolute Gasteiger partial charge is 0.338 e. The van der Waals surface area contributed by atoms with E-state index in [1.807, 2.05) is 62.4 Å². The van der Waals surface area contributed by atoms with Gasteiger partial charge in [0.25, 0.3) is 5.91 Å².